The molecule has 0 aromatic rings. The molecule has 0 aliphatic rings. The second-order valence-electron chi connectivity index (χ2n) is 25.6. The van der Waals surface area contributed by atoms with Crippen LogP contribution in [0.25, 0.3) is 0 Å². The zero-order chi connectivity index (χ0) is 62.9. The molecular weight excluding hydrogens is 1050 g/mol. The van der Waals surface area contributed by atoms with Crippen molar-refractivity contribution in [2.24, 2.45) is 5.41 Å². The zero-order valence-corrected chi connectivity index (χ0v) is 57.3. The molecule has 85 heavy (non-hydrogen) atoms. The highest BCUT2D eigenvalue weighted by molar-refractivity contribution is 5.66. The van der Waals surface area contributed by atoms with Gasteiger partial charge in [0.25, 0.3) is 0 Å². The number of hydrogen-bond donors (Lipinski definition) is 6. The molecule has 0 aromatic heterocycles. The lowest BCUT2D eigenvalue weighted by molar-refractivity contribution is -0.162. The lowest BCUT2D eigenvalue weighted by Crippen LogP contribution is -2.55. The second kappa shape index (κ2) is 74.2. The van der Waals surface area contributed by atoms with Crippen molar-refractivity contribution in [2.75, 3.05) is 19.8 Å². The summed E-state index contributed by atoms with van der Waals surface area (Å²) in [7, 11) is 0. The minimum Gasteiger partial charge on any atom is -0.481 e. The van der Waals surface area contributed by atoms with Gasteiger partial charge in [0, 0.05) is 12.8 Å². The number of carbonyl (C=O) groups is 2. The Kier molecular flexibility index (Phi) is 75.9. The highest BCUT2D eigenvalue weighted by atomic mass is 16.4. The van der Waals surface area contributed by atoms with Crippen LogP contribution < -0.4 is 0 Å². The minimum atomic E-state index is -1.22. The highest BCUT2D eigenvalue weighted by Crippen LogP contribution is 2.39. The summed E-state index contributed by atoms with van der Waals surface area (Å²) in [5.41, 5.74) is -2.44. The molecule has 6 N–H and O–H groups in total. The van der Waals surface area contributed by atoms with Gasteiger partial charge in [-0.25, -0.2) is 0 Å². The van der Waals surface area contributed by atoms with E-state index in [2.05, 4.69) is 76.3 Å². The van der Waals surface area contributed by atoms with E-state index in [1.807, 2.05) is 0 Å². The molecule has 8 heteroatoms. The largest absolute Gasteiger partial charge is 0.481 e. The Bertz CT molecular complexity index is 1320. The number of hydrogen-bond acceptors (Lipinski definition) is 6. The van der Waals surface area contributed by atoms with Crippen molar-refractivity contribution in [1.82, 2.24) is 0 Å². The van der Waals surface area contributed by atoms with Gasteiger partial charge in [0.05, 0.1) is 30.8 Å². The molecule has 0 rings (SSSR count). The van der Waals surface area contributed by atoms with Gasteiger partial charge in [-0.1, -0.05) is 346 Å². The SMILES string of the molecule is CCCCC/C=C\C/C=C\CCCCCCCC(=O)O.CCCCC/C=C\C/C=C\CCCCCCCC(=O)O.CCCCCCCCCCCCCCCCCCC(O)(CCCCCCCCCCCCCCCCCC)C(CO)(CO)CO. The minimum absolute atomic E-state index is 0.324. The van der Waals surface area contributed by atoms with Gasteiger partial charge in [0.1, 0.15) is 0 Å². The first kappa shape index (κ1) is 86.9. The summed E-state index contributed by atoms with van der Waals surface area (Å²) in [6, 6.07) is 0. The molecule has 0 heterocycles. The Hall–Kier alpha value is -2.26. The third kappa shape index (κ3) is 67.5. The maximum Gasteiger partial charge on any atom is 0.303 e. The summed E-state index contributed by atoms with van der Waals surface area (Å²) in [5.74, 6) is -1.34. The molecule has 504 valence electrons. The van der Waals surface area contributed by atoms with Crippen LogP contribution in [0.1, 0.15) is 400 Å². The molecule has 0 aromatic carbocycles. The molecule has 0 atom stereocenters. The van der Waals surface area contributed by atoms with E-state index >= 15 is 0 Å². The molecule has 0 saturated heterocycles. The summed E-state index contributed by atoms with van der Waals surface area (Å²) in [6.45, 7) is 7.89. The van der Waals surface area contributed by atoms with Crippen LogP contribution in [0.4, 0.5) is 0 Å². The smallest absolute Gasteiger partial charge is 0.303 e. The van der Waals surface area contributed by atoms with Gasteiger partial charge in [-0.2, -0.15) is 0 Å². The second-order valence-corrected chi connectivity index (χ2v) is 25.6. The third-order valence-corrected chi connectivity index (χ3v) is 17.5. The number of unbranched alkanes of at least 4 members (excludes halogenated alkanes) is 46. The van der Waals surface area contributed by atoms with E-state index in [1.54, 1.807) is 0 Å². The Morgan fingerprint density at radius 2 is 0.459 bits per heavy atom. The highest BCUT2D eigenvalue weighted by Gasteiger charge is 2.48. The molecule has 0 radical (unpaired) electrons. The number of rotatable bonds is 66. The number of carboxylic acid groups (broad SMARTS) is 2. The molecule has 0 fully saturated rings. The molecule has 0 spiro atoms. The predicted molar refractivity (Wildman–Crippen MR) is 371 cm³/mol. The van der Waals surface area contributed by atoms with Gasteiger partial charge in [0.2, 0.25) is 0 Å². The van der Waals surface area contributed by atoms with Crippen molar-refractivity contribution in [1.29, 1.82) is 0 Å². The molecular formula is C77H148O8. The summed E-state index contributed by atoms with van der Waals surface area (Å²) < 4.78 is 0. The van der Waals surface area contributed by atoms with Crippen molar-refractivity contribution < 1.29 is 40.2 Å². The number of carboxylic acids is 2. The fourth-order valence-corrected chi connectivity index (χ4v) is 11.4. The van der Waals surface area contributed by atoms with Crippen molar-refractivity contribution in [3.8, 4) is 0 Å². The lowest BCUT2D eigenvalue weighted by Gasteiger charge is -2.44. The first-order valence-electron chi connectivity index (χ1n) is 37.2. The molecule has 0 amide bonds. The summed E-state index contributed by atoms with van der Waals surface area (Å²) in [5, 5.41) is 59.0. The fourth-order valence-electron chi connectivity index (χ4n) is 11.4. The Labute approximate surface area is 529 Å². The average molecular weight is 1200 g/mol. The van der Waals surface area contributed by atoms with Crippen LogP contribution in [-0.2, 0) is 9.59 Å². The van der Waals surface area contributed by atoms with Crippen LogP contribution in [0.5, 0.6) is 0 Å². The molecule has 0 aliphatic heterocycles. The van der Waals surface area contributed by atoms with Crippen LogP contribution in [0.3, 0.4) is 0 Å². The van der Waals surface area contributed by atoms with Crippen LogP contribution >= 0.6 is 0 Å². The van der Waals surface area contributed by atoms with Crippen LogP contribution in [0.15, 0.2) is 48.6 Å². The maximum absolute atomic E-state index is 11.7. The molecule has 8 nitrogen and oxygen atoms in total. The predicted octanol–water partition coefficient (Wildman–Crippen LogP) is 23.8. The van der Waals surface area contributed by atoms with E-state index < -0.39 is 23.0 Å². The van der Waals surface area contributed by atoms with Crippen LogP contribution in [0.2, 0.25) is 0 Å². The van der Waals surface area contributed by atoms with Gasteiger partial charge in [-0.05, 0) is 89.9 Å². The van der Waals surface area contributed by atoms with Gasteiger partial charge in [-0.15, -0.1) is 0 Å². The number of aliphatic hydroxyl groups excluding tert-OH is 3. The van der Waals surface area contributed by atoms with Crippen molar-refractivity contribution in [2.45, 2.75) is 406 Å². The standard InChI is InChI=1S/C41H84O4.2C18H32O2/c1-3-5-7-9-11-13-15-17-19-21-23-25-27-29-31-33-35-41(45,40(37-42,38-43)39-44)36-34-32-30-28-26-24-22-20-18-16-14-12-10-8-6-4-2;2*1-2-3-4-5-6-7-8-9-10-11-12-13-14-15-16-17-18(19)20/h42-45H,3-39H2,1-2H3;2*6-7,9-10H,2-5,8,11-17H2,1H3,(H,19,20)/b;2*7-6-,10-9-. The number of aliphatic carboxylic acids is 2. The number of allylic oxidation sites excluding steroid dienone is 8. The number of aliphatic hydroxyl groups is 4. The first-order chi connectivity index (χ1) is 41.6. The Morgan fingerprint density at radius 1 is 0.271 bits per heavy atom. The van der Waals surface area contributed by atoms with Crippen LogP contribution in [-0.4, -0.2) is 68.0 Å². The Balaban J connectivity index is -0.00000138. The average Bonchev–Trinajstić information content (AvgIpc) is 2.10. The normalized spacial score (nSPS) is 12.0. The van der Waals surface area contributed by atoms with Gasteiger partial charge in [0.15, 0.2) is 0 Å². The molecule has 0 bridgehead atoms. The monoisotopic (exact) mass is 1200 g/mol. The van der Waals surface area contributed by atoms with Crippen LogP contribution in [0, 0.1) is 5.41 Å². The van der Waals surface area contributed by atoms with Crippen molar-refractivity contribution >= 4 is 11.9 Å². The first-order valence-corrected chi connectivity index (χ1v) is 37.2. The van der Waals surface area contributed by atoms with Gasteiger partial charge >= 0.3 is 11.9 Å². The third-order valence-electron chi connectivity index (χ3n) is 17.5. The summed E-state index contributed by atoms with van der Waals surface area (Å²) in [6.07, 6.45) is 87.6. The Morgan fingerprint density at radius 3 is 0.682 bits per heavy atom. The maximum atomic E-state index is 11.7. The van der Waals surface area contributed by atoms with E-state index in [0.29, 0.717) is 25.7 Å². The fraction of sp³-hybridized carbons (Fsp3) is 0.870. The van der Waals surface area contributed by atoms with E-state index in [1.165, 1.54) is 270 Å². The zero-order valence-electron chi connectivity index (χ0n) is 57.3. The topological polar surface area (TPSA) is 156 Å². The lowest BCUT2D eigenvalue weighted by atomic mass is 9.68. The molecule has 0 saturated carbocycles. The van der Waals surface area contributed by atoms with Crippen molar-refractivity contribution in [3.05, 3.63) is 48.6 Å². The quantitative estimate of drug-likeness (QED) is 0.0260. The van der Waals surface area contributed by atoms with Gasteiger partial charge < -0.3 is 30.6 Å². The van der Waals surface area contributed by atoms with E-state index in [-0.39, 0.29) is 19.8 Å². The van der Waals surface area contributed by atoms with Crippen molar-refractivity contribution in [3.63, 3.8) is 0 Å². The van der Waals surface area contributed by atoms with E-state index in [4.69, 9.17) is 10.2 Å². The molecule has 0 unspecified atom stereocenters. The summed E-state index contributed by atoms with van der Waals surface area (Å²) in [4.78, 5) is 20.6. The van der Waals surface area contributed by atoms with E-state index in [0.717, 1.165) is 77.0 Å². The van der Waals surface area contributed by atoms with E-state index in [9.17, 15) is 30.0 Å². The molecule has 0 aliphatic carbocycles. The van der Waals surface area contributed by atoms with Gasteiger partial charge in [-0.3, -0.25) is 9.59 Å². The summed E-state index contributed by atoms with van der Waals surface area (Å²) >= 11 is 0.